The number of nitrogens with two attached hydrogens (primary N) is 1. The molecule has 7 heteroatoms. The van der Waals surface area contributed by atoms with Crippen molar-refractivity contribution in [3.63, 3.8) is 0 Å². The number of ether oxygens (including phenoxy) is 1. The number of nitrogen functional groups attached to an aromatic ring is 1. The number of morpholine rings is 1. The Balaban J connectivity index is 1.33. The maximum Gasteiger partial charge on any atom is 0.225 e. The van der Waals surface area contributed by atoms with Gasteiger partial charge in [-0.15, -0.1) is 0 Å². The number of carbonyl (C=O) groups is 1. The van der Waals surface area contributed by atoms with E-state index < -0.39 is 0 Å². The second kappa shape index (κ2) is 10.4. The number of amides is 1. The maximum atomic E-state index is 12.9. The van der Waals surface area contributed by atoms with E-state index in [0.29, 0.717) is 25.0 Å². The highest BCUT2D eigenvalue weighted by Crippen LogP contribution is 2.38. The van der Waals surface area contributed by atoms with Crippen molar-refractivity contribution in [2.75, 3.05) is 37.4 Å². The number of nitrogens with one attached hydrogen (secondary N) is 1. The molecule has 7 nitrogen and oxygen atoms in total. The van der Waals surface area contributed by atoms with E-state index in [9.17, 15) is 4.79 Å². The lowest BCUT2D eigenvalue weighted by atomic mass is 9.78. The number of hydrogen-bond acceptors (Lipinski definition) is 6. The van der Waals surface area contributed by atoms with Crippen LogP contribution in [0.1, 0.15) is 67.1 Å². The molecule has 2 aliphatic rings. The quantitative estimate of drug-likeness (QED) is 0.485. The standard InChI is InChI=1S/C29H37N5O2/c1-18-14-24(16-25(30)15-18)19(2)31-28-26-17-23(8-9-27(26)32-20(3)33-28)21-4-6-22(7-5-21)29(35)34-10-12-36-13-11-34/h8-9,14-17,19,21-22H,4-7,10-13,30H2,1-3H3,(H,31,32,33)/t19-,21?,22?/m1/s1. The third-order valence-electron chi connectivity index (χ3n) is 7.68. The molecule has 0 bridgehead atoms. The van der Waals surface area contributed by atoms with Gasteiger partial charge < -0.3 is 20.7 Å². The van der Waals surface area contributed by atoms with Crippen LogP contribution in [0, 0.1) is 19.8 Å². The number of fused-ring (bicyclic) bond motifs is 1. The molecule has 36 heavy (non-hydrogen) atoms. The lowest BCUT2D eigenvalue weighted by molar-refractivity contribution is -0.140. The van der Waals surface area contributed by atoms with Gasteiger partial charge in [-0.25, -0.2) is 9.97 Å². The van der Waals surface area contributed by atoms with Crippen molar-refractivity contribution in [1.29, 1.82) is 0 Å². The summed E-state index contributed by atoms with van der Waals surface area (Å²) in [4.78, 5) is 24.4. The lowest BCUT2D eigenvalue weighted by Crippen LogP contribution is -2.44. The van der Waals surface area contributed by atoms with Crippen LogP contribution in [0.25, 0.3) is 10.9 Å². The average molecular weight is 488 g/mol. The second-order valence-electron chi connectivity index (χ2n) is 10.4. The Bertz CT molecular complexity index is 1230. The molecule has 1 aromatic heterocycles. The first-order chi connectivity index (χ1) is 17.4. The van der Waals surface area contributed by atoms with Gasteiger partial charge in [0.05, 0.1) is 24.8 Å². The summed E-state index contributed by atoms with van der Waals surface area (Å²) in [6.45, 7) is 8.90. The lowest BCUT2D eigenvalue weighted by Gasteiger charge is -2.34. The fourth-order valence-electron chi connectivity index (χ4n) is 5.72. The fraction of sp³-hybridized carbons (Fsp3) is 0.483. The van der Waals surface area contributed by atoms with Crippen molar-refractivity contribution in [2.24, 2.45) is 5.92 Å². The highest BCUT2D eigenvalue weighted by atomic mass is 16.5. The Morgan fingerprint density at radius 1 is 1.06 bits per heavy atom. The molecule has 2 heterocycles. The topological polar surface area (TPSA) is 93.4 Å². The van der Waals surface area contributed by atoms with Gasteiger partial charge in [-0.1, -0.05) is 12.1 Å². The zero-order chi connectivity index (χ0) is 25.2. The predicted octanol–water partition coefficient (Wildman–Crippen LogP) is 5.13. The fourth-order valence-corrected chi connectivity index (χ4v) is 5.72. The number of hydrogen-bond donors (Lipinski definition) is 2. The van der Waals surface area contributed by atoms with E-state index in [2.05, 4.69) is 48.4 Å². The molecule has 0 spiro atoms. The molecule has 2 fully saturated rings. The normalized spacial score (nSPS) is 21.4. The van der Waals surface area contributed by atoms with E-state index in [1.165, 1.54) is 5.56 Å². The van der Waals surface area contributed by atoms with Crippen LogP contribution in [0.5, 0.6) is 0 Å². The highest BCUT2D eigenvalue weighted by molar-refractivity contribution is 5.90. The summed E-state index contributed by atoms with van der Waals surface area (Å²) in [6, 6.07) is 12.8. The van der Waals surface area contributed by atoms with Gasteiger partial charge in [0.2, 0.25) is 5.91 Å². The minimum Gasteiger partial charge on any atom is -0.399 e. The molecule has 1 atom stereocenters. The molecule has 1 aliphatic carbocycles. The smallest absolute Gasteiger partial charge is 0.225 e. The Kier molecular flexibility index (Phi) is 7.10. The van der Waals surface area contributed by atoms with Crippen LogP contribution >= 0.6 is 0 Å². The van der Waals surface area contributed by atoms with E-state index >= 15 is 0 Å². The van der Waals surface area contributed by atoms with Crippen molar-refractivity contribution in [2.45, 2.75) is 58.4 Å². The second-order valence-corrected chi connectivity index (χ2v) is 10.4. The van der Waals surface area contributed by atoms with Crippen molar-refractivity contribution in [3.05, 3.63) is 58.9 Å². The number of rotatable bonds is 5. The predicted molar refractivity (Wildman–Crippen MR) is 144 cm³/mol. The summed E-state index contributed by atoms with van der Waals surface area (Å²) in [5.74, 6) is 2.51. The first-order valence-corrected chi connectivity index (χ1v) is 13.2. The molecule has 0 radical (unpaired) electrons. The van der Waals surface area contributed by atoms with Gasteiger partial charge >= 0.3 is 0 Å². The summed E-state index contributed by atoms with van der Waals surface area (Å²) >= 11 is 0. The number of carbonyl (C=O) groups excluding carboxylic acids is 1. The van der Waals surface area contributed by atoms with Gasteiger partial charge in [0.25, 0.3) is 0 Å². The third kappa shape index (κ3) is 5.31. The minimum atomic E-state index is 0.0509. The molecule has 0 unspecified atom stereocenters. The highest BCUT2D eigenvalue weighted by Gasteiger charge is 2.31. The summed E-state index contributed by atoms with van der Waals surface area (Å²) in [5.41, 5.74) is 11.4. The summed E-state index contributed by atoms with van der Waals surface area (Å²) in [6.07, 6.45) is 3.95. The monoisotopic (exact) mass is 487 g/mol. The van der Waals surface area contributed by atoms with Crippen LogP contribution in [0.4, 0.5) is 11.5 Å². The Labute approximate surface area is 213 Å². The van der Waals surface area contributed by atoms with Gasteiger partial charge in [-0.2, -0.15) is 0 Å². The van der Waals surface area contributed by atoms with Crippen LogP contribution in [0.3, 0.4) is 0 Å². The van der Waals surface area contributed by atoms with Crippen molar-refractivity contribution in [1.82, 2.24) is 14.9 Å². The van der Waals surface area contributed by atoms with Gasteiger partial charge in [0.15, 0.2) is 0 Å². The largest absolute Gasteiger partial charge is 0.399 e. The molecule has 1 amide bonds. The van der Waals surface area contributed by atoms with Crippen molar-refractivity contribution < 1.29 is 9.53 Å². The zero-order valence-corrected chi connectivity index (χ0v) is 21.6. The van der Waals surface area contributed by atoms with E-state index in [-0.39, 0.29) is 12.0 Å². The third-order valence-corrected chi connectivity index (χ3v) is 7.68. The van der Waals surface area contributed by atoms with E-state index in [1.54, 1.807) is 0 Å². The molecule has 5 rings (SSSR count). The van der Waals surface area contributed by atoms with Gasteiger partial charge in [-0.3, -0.25) is 4.79 Å². The van der Waals surface area contributed by atoms with Gasteiger partial charge in [-0.05, 0) is 93.3 Å². The molecule has 3 aromatic rings. The van der Waals surface area contributed by atoms with Crippen LogP contribution in [0.2, 0.25) is 0 Å². The SMILES string of the molecule is Cc1cc(N)cc([C@@H](C)Nc2nc(C)nc3ccc(C4CCC(C(=O)N5CCOCC5)CC4)cc23)c1. The average Bonchev–Trinajstić information content (AvgIpc) is 2.88. The van der Waals surface area contributed by atoms with Crippen LogP contribution < -0.4 is 11.1 Å². The summed E-state index contributed by atoms with van der Waals surface area (Å²) in [5, 5.41) is 4.66. The first-order valence-electron chi connectivity index (χ1n) is 13.2. The Morgan fingerprint density at radius 3 is 2.53 bits per heavy atom. The van der Waals surface area contributed by atoms with E-state index in [4.69, 9.17) is 15.5 Å². The number of anilines is 2. The number of aryl methyl sites for hydroxylation is 2. The molecule has 3 N–H and O–H groups in total. The molecule has 1 saturated heterocycles. The zero-order valence-electron chi connectivity index (χ0n) is 21.6. The number of aromatic nitrogens is 2. The molecule has 190 valence electrons. The number of benzene rings is 2. The van der Waals surface area contributed by atoms with Crippen LogP contribution in [0.15, 0.2) is 36.4 Å². The van der Waals surface area contributed by atoms with Gasteiger partial charge in [0.1, 0.15) is 11.6 Å². The molecular weight excluding hydrogens is 450 g/mol. The van der Waals surface area contributed by atoms with E-state index in [0.717, 1.165) is 78.1 Å². The van der Waals surface area contributed by atoms with Crippen molar-refractivity contribution in [3.8, 4) is 0 Å². The first kappa shape index (κ1) is 24.5. The van der Waals surface area contributed by atoms with Gasteiger partial charge in [0, 0.05) is 30.1 Å². The maximum absolute atomic E-state index is 12.9. The molecule has 1 saturated carbocycles. The molecule has 2 aromatic carbocycles. The minimum absolute atomic E-state index is 0.0509. The summed E-state index contributed by atoms with van der Waals surface area (Å²) in [7, 11) is 0. The van der Waals surface area contributed by atoms with Crippen molar-refractivity contribution >= 4 is 28.3 Å². The number of nitrogens with zero attached hydrogens (tertiary/aromatic N) is 3. The molecule has 1 aliphatic heterocycles. The Morgan fingerprint density at radius 2 is 1.81 bits per heavy atom. The molecular formula is C29H37N5O2. The van der Waals surface area contributed by atoms with E-state index in [1.807, 2.05) is 24.0 Å². The van der Waals surface area contributed by atoms with Crippen LogP contribution in [-0.4, -0.2) is 47.1 Å². The Hall–Kier alpha value is -3.19. The van der Waals surface area contributed by atoms with Crippen LogP contribution in [-0.2, 0) is 9.53 Å². The summed E-state index contributed by atoms with van der Waals surface area (Å²) < 4.78 is 5.41.